The maximum Gasteiger partial charge on any atom is 0.242 e. The van der Waals surface area contributed by atoms with Gasteiger partial charge in [0.15, 0.2) is 5.78 Å². The average molecular weight is 405 g/mol. The third-order valence-electron chi connectivity index (χ3n) is 5.97. The lowest BCUT2D eigenvalue weighted by molar-refractivity contribution is -0.143. The predicted molar refractivity (Wildman–Crippen MR) is 116 cm³/mol. The van der Waals surface area contributed by atoms with Crippen LogP contribution in [0, 0.1) is 0 Å². The van der Waals surface area contributed by atoms with Crippen LogP contribution < -0.4 is 4.74 Å². The Bertz CT molecular complexity index is 981. The van der Waals surface area contributed by atoms with Crippen molar-refractivity contribution in [3.63, 3.8) is 0 Å². The van der Waals surface area contributed by atoms with Crippen molar-refractivity contribution in [1.82, 2.24) is 10.0 Å². The molecular weight excluding hydrogens is 376 g/mol. The van der Waals surface area contributed by atoms with Crippen LogP contribution in [-0.4, -0.2) is 42.4 Å². The molecule has 2 atom stereocenters. The van der Waals surface area contributed by atoms with E-state index in [1.807, 2.05) is 63.5 Å². The lowest BCUT2D eigenvalue weighted by Crippen LogP contribution is -2.48. The number of hydrogen-bond donors (Lipinski definition) is 0. The first kappa shape index (κ1) is 20.4. The summed E-state index contributed by atoms with van der Waals surface area (Å²) in [6, 6.07) is 17.9. The van der Waals surface area contributed by atoms with Crippen molar-refractivity contribution in [1.29, 1.82) is 0 Å². The number of nitrogens with zero attached hydrogens (tertiary/aromatic N) is 2. The fourth-order valence-electron chi connectivity index (χ4n) is 4.77. The van der Waals surface area contributed by atoms with Crippen molar-refractivity contribution in [3.05, 3.63) is 77.0 Å². The highest BCUT2D eigenvalue weighted by atomic mass is 16.5. The van der Waals surface area contributed by atoms with Gasteiger partial charge in [0.1, 0.15) is 5.75 Å². The van der Waals surface area contributed by atoms with Crippen LogP contribution in [-0.2, 0) is 9.59 Å². The van der Waals surface area contributed by atoms with Gasteiger partial charge in [-0.3, -0.25) is 9.59 Å². The Morgan fingerprint density at radius 3 is 2.37 bits per heavy atom. The predicted octanol–water partition coefficient (Wildman–Crippen LogP) is 4.28. The summed E-state index contributed by atoms with van der Waals surface area (Å²) in [5, 5.41) is 3.49. The van der Waals surface area contributed by atoms with E-state index in [4.69, 9.17) is 4.74 Å². The van der Waals surface area contributed by atoms with Gasteiger partial charge < -0.3 is 4.74 Å². The zero-order valence-corrected chi connectivity index (χ0v) is 17.8. The van der Waals surface area contributed by atoms with Crippen LogP contribution in [0.5, 0.6) is 5.75 Å². The second-order valence-corrected chi connectivity index (χ2v) is 8.08. The molecule has 4 rings (SSSR count). The molecule has 156 valence electrons. The molecule has 0 saturated carbocycles. The van der Waals surface area contributed by atoms with Gasteiger partial charge in [0.25, 0.3) is 0 Å². The molecule has 0 saturated heterocycles. The van der Waals surface area contributed by atoms with E-state index in [9.17, 15) is 9.59 Å². The quantitative estimate of drug-likeness (QED) is 0.746. The molecule has 1 heterocycles. The fraction of sp³-hybridized carbons (Fsp3) is 0.360. The van der Waals surface area contributed by atoms with Gasteiger partial charge in [0.2, 0.25) is 5.91 Å². The number of carbonyl (C=O) groups excluding carboxylic acids is 2. The number of carbonyl (C=O) groups is 2. The lowest BCUT2D eigenvalue weighted by atomic mass is 9.73. The molecule has 1 amide bonds. The molecule has 2 aliphatic rings. The maximum absolute atomic E-state index is 13.5. The summed E-state index contributed by atoms with van der Waals surface area (Å²) in [5.41, 5.74) is 3.66. The molecule has 0 radical (unpaired) electrons. The van der Waals surface area contributed by atoms with Crippen LogP contribution in [0.25, 0.3) is 0 Å². The summed E-state index contributed by atoms with van der Waals surface area (Å²) < 4.78 is 5.84. The fourth-order valence-corrected chi connectivity index (χ4v) is 4.77. The minimum absolute atomic E-state index is 0.0107. The largest absolute Gasteiger partial charge is 0.494 e. The van der Waals surface area contributed by atoms with Crippen molar-refractivity contribution < 1.29 is 14.3 Å². The van der Waals surface area contributed by atoms with Crippen LogP contribution >= 0.6 is 0 Å². The Balaban J connectivity index is 1.83. The van der Waals surface area contributed by atoms with Gasteiger partial charge in [-0.2, -0.15) is 0 Å². The third kappa shape index (κ3) is 3.65. The summed E-state index contributed by atoms with van der Waals surface area (Å²) in [6.45, 7) is 2.48. The Hall–Kier alpha value is -2.92. The van der Waals surface area contributed by atoms with Crippen LogP contribution in [0.15, 0.2) is 65.9 Å². The van der Waals surface area contributed by atoms with Crippen molar-refractivity contribution in [3.8, 4) is 5.75 Å². The Morgan fingerprint density at radius 2 is 1.67 bits per heavy atom. The number of para-hydroxylation sites is 1. The highest BCUT2D eigenvalue weighted by Crippen LogP contribution is 2.47. The van der Waals surface area contributed by atoms with Gasteiger partial charge in [0, 0.05) is 49.7 Å². The first-order chi connectivity index (χ1) is 14.5. The van der Waals surface area contributed by atoms with Crippen LogP contribution in [0.3, 0.4) is 0 Å². The summed E-state index contributed by atoms with van der Waals surface area (Å²) in [4.78, 5) is 26.7. The van der Waals surface area contributed by atoms with E-state index in [1.165, 1.54) is 0 Å². The molecule has 5 nitrogen and oxygen atoms in total. The molecule has 0 aromatic heterocycles. The summed E-state index contributed by atoms with van der Waals surface area (Å²) >= 11 is 0. The van der Waals surface area contributed by atoms with Gasteiger partial charge >= 0.3 is 0 Å². The first-order valence-electron chi connectivity index (χ1n) is 10.5. The zero-order chi connectivity index (χ0) is 21.3. The van der Waals surface area contributed by atoms with E-state index < -0.39 is 0 Å². The number of amides is 1. The molecular formula is C25H28N2O3. The minimum atomic E-state index is -0.268. The second-order valence-electron chi connectivity index (χ2n) is 8.08. The van der Waals surface area contributed by atoms with Gasteiger partial charge in [-0.15, -0.1) is 0 Å². The van der Waals surface area contributed by atoms with Gasteiger partial charge in [0.05, 0.1) is 6.61 Å². The molecule has 0 N–H and O–H groups in total. The van der Waals surface area contributed by atoms with Crippen LogP contribution in [0.2, 0.25) is 0 Å². The summed E-state index contributed by atoms with van der Waals surface area (Å²) in [5.74, 6) is 0.697. The van der Waals surface area contributed by atoms with E-state index in [0.29, 0.717) is 19.4 Å². The summed E-state index contributed by atoms with van der Waals surface area (Å²) in [6.07, 6.45) is 1.40. The topological polar surface area (TPSA) is 49.9 Å². The van der Waals surface area contributed by atoms with Crippen molar-refractivity contribution >= 4 is 11.7 Å². The highest BCUT2D eigenvalue weighted by molar-refractivity contribution is 6.02. The molecule has 0 spiro atoms. The van der Waals surface area contributed by atoms with E-state index in [2.05, 4.69) is 12.1 Å². The molecule has 1 aliphatic carbocycles. The Kier molecular flexibility index (Phi) is 5.73. The number of ketones is 1. The smallest absolute Gasteiger partial charge is 0.242 e. The van der Waals surface area contributed by atoms with Crippen molar-refractivity contribution in [2.75, 3.05) is 20.7 Å². The molecule has 0 bridgehead atoms. The monoisotopic (exact) mass is 404 g/mol. The summed E-state index contributed by atoms with van der Waals surface area (Å²) in [7, 11) is 3.71. The number of benzene rings is 2. The molecule has 30 heavy (non-hydrogen) atoms. The van der Waals surface area contributed by atoms with Crippen LogP contribution in [0.1, 0.15) is 49.1 Å². The van der Waals surface area contributed by atoms with E-state index >= 15 is 0 Å². The SMILES string of the molecule is CCOc1ccccc1C1CC(=O)N(N(C)C)C2=C1C(=O)CC(c1ccccc1)C2. The molecule has 0 fully saturated rings. The Morgan fingerprint density at radius 1 is 0.967 bits per heavy atom. The molecule has 1 aliphatic heterocycles. The number of hydrazine groups is 1. The third-order valence-corrected chi connectivity index (χ3v) is 5.97. The van der Waals surface area contributed by atoms with Crippen LogP contribution in [0.4, 0.5) is 0 Å². The number of hydrogen-bond acceptors (Lipinski definition) is 4. The van der Waals surface area contributed by atoms with E-state index in [0.717, 1.165) is 28.1 Å². The molecule has 5 heteroatoms. The second kappa shape index (κ2) is 8.44. The molecule has 2 aromatic carbocycles. The minimum Gasteiger partial charge on any atom is -0.494 e. The normalized spacial score (nSPS) is 21.8. The van der Waals surface area contributed by atoms with Crippen molar-refractivity contribution in [2.24, 2.45) is 0 Å². The van der Waals surface area contributed by atoms with Gasteiger partial charge in [-0.1, -0.05) is 48.5 Å². The van der Waals surface area contributed by atoms with E-state index in [-0.39, 0.29) is 29.9 Å². The zero-order valence-electron chi connectivity index (χ0n) is 17.8. The first-order valence-corrected chi connectivity index (χ1v) is 10.5. The molecule has 2 aromatic rings. The Labute approximate surface area is 177 Å². The standard InChI is InChI=1S/C25H28N2O3/c1-4-30-23-13-9-8-12-19(23)20-16-24(29)27(26(2)3)21-14-18(15-22(28)25(20)21)17-10-6-5-7-11-17/h5-13,18,20H,4,14-16H2,1-3H3. The lowest BCUT2D eigenvalue weighted by Gasteiger charge is -2.43. The average Bonchev–Trinajstić information content (AvgIpc) is 2.74. The highest BCUT2D eigenvalue weighted by Gasteiger charge is 2.43. The number of allylic oxidation sites excluding steroid dienone is 2. The number of Topliss-reactive ketones (excluding diaryl/α,β-unsaturated/α-hetero) is 1. The van der Waals surface area contributed by atoms with Gasteiger partial charge in [-0.05, 0) is 30.9 Å². The van der Waals surface area contributed by atoms with Gasteiger partial charge in [-0.25, -0.2) is 10.0 Å². The van der Waals surface area contributed by atoms with Crippen molar-refractivity contribution in [2.45, 2.75) is 38.0 Å². The van der Waals surface area contributed by atoms with E-state index in [1.54, 1.807) is 10.0 Å². The number of ether oxygens (including phenoxy) is 1. The maximum atomic E-state index is 13.5. The molecule has 2 unspecified atom stereocenters. The number of rotatable bonds is 5.